The number of hydrogen-bond acceptors (Lipinski definition) is 3. The first-order valence-corrected chi connectivity index (χ1v) is 8.24. The highest BCUT2D eigenvalue weighted by Gasteiger charge is 2.20. The topological polar surface area (TPSA) is 79.3 Å². The highest BCUT2D eigenvalue weighted by atomic mass is 16.4. The van der Waals surface area contributed by atoms with Gasteiger partial charge < -0.3 is 10.4 Å². The molecule has 0 fully saturated rings. The molecule has 26 heavy (non-hydrogen) atoms. The maximum Gasteiger partial charge on any atom is 0.326 e. The molecule has 130 valence electrons. The van der Waals surface area contributed by atoms with Crippen LogP contribution in [0, 0.1) is 0 Å². The molecule has 1 amide bonds. The molecule has 3 aromatic rings. The molecule has 0 aliphatic heterocycles. The molecular weight excluding hydrogens is 328 g/mol. The van der Waals surface area contributed by atoms with Crippen LogP contribution in [-0.4, -0.2) is 28.0 Å². The van der Waals surface area contributed by atoms with Crippen molar-refractivity contribution in [1.29, 1.82) is 0 Å². The molecule has 0 saturated heterocycles. The second kappa shape index (κ2) is 8.07. The molecule has 0 spiro atoms. The Balaban J connectivity index is 1.74. The molecule has 0 aliphatic rings. The number of aliphatic carboxylic acids is 1. The van der Waals surface area contributed by atoms with Gasteiger partial charge in [-0.15, -0.1) is 0 Å². The highest BCUT2D eigenvalue weighted by molar-refractivity contribution is 6.06. The fourth-order valence-corrected chi connectivity index (χ4v) is 2.65. The molecular formula is C21H18N2O3. The van der Waals surface area contributed by atoms with E-state index in [1.54, 1.807) is 30.5 Å². The molecule has 3 rings (SSSR count). The summed E-state index contributed by atoms with van der Waals surface area (Å²) in [5, 5.41) is 12.8. The maximum atomic E-state index is 12.6. The number of fused-ring (bicyclic) bond motifs is 1. The summed E-state index contributed by atoms with van der Waals surface area (Å²) in [6.45, 7) is 0. The van der Waals surface area contributed by atoms with Crippen LogP contribution in [0.15, 0.2) is 72.9 Å². The quantitative estimate of drug-likeness (QED) is 0.716. The Bertz CT molecular complexity index is 946. The van der Waals surface area contributed by atoms with Crippen molar-refractivity contribution in [3.8, 4) is 0 Å². The number of rotatable bonds is 6. The van der Waals surface area contributed by atoms with E-state index in [1.165, 1.54) is 0 Å². The first-order valence-electron chi connectivity index (χ1n) is 8.24. The number of benzene rings is 2. The van der Waals surface area contributed by atoms with Gasteiger partial charge in [0.05, 0.1) is 11.1 Å². The minimum absolute atomic E-state index is 0.189. The monoisotopic (exact) mass is 346 g/mol. The van der Waals surface area contributed by atoms with E-state index in [-0.39, 0.29) is 6.42 Å². The minimum atomic E-state index is -1.08. The number of para-hydroxylation sites is 1. The third-order valence-electron chi connectivity index (χ3n) is 3.96. The molecule has 1 atom stereocenters. The Hall–Kier alpha value is -3.47. The number of carboxylic acids is 1. The SMILES string of the molecule is O=C(N[C@@H](C/C=C/c1ccccc1)C(=O)O)c1cccc2cccnc12. The number of carbonyl (C=O) groups excluding carboxylic acids is 1. The van der Waals surface area contributed by atoms with Crippen molar-refractivity contribution in [2.45, 2.75) is 12.5 Å². The van der Waals surface area contributed by atoms with Crippen molar-refractivity contribution in [1.82, 2.24) is 10.3 Å². The third kappa shape index (κ3) is 4.13. The van der Waals surface area contributed by atoms with Crippen molar-refractivity contribution < 1.29 is 14.7 Å². The summed E-state index contributed by atoms with van der Waals surface area (Å²) >= 11 is 0. The van der Waals surface area contributed by atoms with Crippen LogP contribution in [0.25, 0.3) is 17.0 Å². The molecule has 0 unspecified atom stereocenters. The van der Waals surface area contributed by atoms with Crippen molar-refractivity contribution in [3.05, 3.63) is 84.1 Å². The summed E-state index contributed by atoms with van der Waals surface area (Å²) in [6, 6.07) is 17.5. The second-order valence-electron chi connectivity index (χ2n) is 5.79. The lowest BCUT2D eigenvalue weighted by atomic mass is 10.1. The first kappa shape index (κ1) is 17.4. The van der Waals surface area contributed by atoms with E-state index in [1.807, 2.05) is 48.5 Å². The molecule has 5 nitrogen and oxygen atoms in total. The lowest BCUT2D eigenvalue weighted by Gasteiger charge is -2.13. The zero-order chi connectivity index (χ0) is 18.4. The molecule has 1 heterocycles. The third-order valence-corrected chi connectivity index (χ3v) is 3.96. The predicted molar refractivity (Wildman–Crippen MR) is 101 cm³/mol. The van der Waals surface area contributed by atoms with Crippen molar-refractivity contribution >= 4 is 28.9 Å². The second-order valence-corrected chi connectivity index (χ2v) is 5.79. The summed E-state index contributed by atoms with van der Waals surface area (Å²) < 4.78 is 0. The Labute approximate surface area is 151 Å². The van der Waals surface area contributed by atoms with Gasteiger partial charge in [-0.25, -0.2) is 4.79 Å². The van der Waals surface area contributed by atoms with E-state index in [0.29, 0.717) is 11.1 Å². The lowest BCUT2D eigenvalue weighted by Crippen LogP contribution is -2.40. The van der Waals surface area contributed by atoms with Crippen LogP contribution >= 0.6 is 0 Å². The molecule has 0 bridgehead atoms. The van der Waals surface area contributed by atoms with Crippen LogP contribution in [0.3, 0.4) is 0 Å². The van der Waals surface area contributed by atoms with Crippen LogP contribution in [-0.2, 0) is 4.79 Å². The van der Waals surface area contributed by atoms with Crippen LogP contribution in [0.2, 0.25) is 0 Å². The average Bonchev–Trinajstić information content (AvgIpc) is 2.67. The van der Waals surface area contributed by atoms with Gasteiger partial charge in [-0.05, 0) is 24.1 Å². The van der Waals surface area contributed by atoms with Gasteiger partial charge in [0.25, 0.3) is 5.91 Å². The number of amides is 1. The number of pyridine rings is 1. The summed E-state index contributed by atoms with van der Waals surface area (Å²) in [7, 11) is 0. The standard InChI is InChI=1S/C21H18N2O3/c24-20(17-12-5-10-16-11-6-14-22-19(16)17)23-18(21(25)26)13-4-9-15-7-2-1-3-8-15/h1-12,14,18H,13H2,(H,23,24)(H,25,26)/b9-4+/t18-/m0/s1. The Morgan fingerprint density at radius 1 is 1.04 bits per heavy atom. The largest absolute Gasteiger partial charge is 0.480 e. The fraction of sp³-hybridized carbons (Fsp3) is 0.0952. The summed E-state index contributed by atoms with van der Waals surface area (Å²) in [4.78, 5) is 28.3. The molecule has 1 aromatic heterocycles. The number of nitrogens with zero attached hydrogens (tertiary/aromatic N) is 1. The number of aromatic nitrogens is 1. The van der Waals surface area contributed by atoms with Crippen LogP contribution in [0.1, 0.15) is 22.3 Å². The van der Waals surface area contributed by atoms with E-state index in [0.717, 1.165) is 10.9 Å². The van der Waals surface area contributed by atoms with Gasteiger partial charge in [-0.3, -0.25) is 9.78 Å². The number of carbonyl (C=O) groups is 2. The van der Waals surface area contributed by atoms with E-state index in [2.05, 4.69) is 10.3 Å². The first-order chi connectivity index (χ1) is 12.6. The molecule has 5 heteroatoms. The van der Waals surface area contributed by atoms with E-state index < -0.39 is 17.9 Å². The van der Waals surface area contributed by atoms with Gasteiger partial charge >= 0.3 is 5.97 Å². The lowest BCUT2D eigenvalue weighted by molar-refractivity contribution is -0.139. The van der Waals surface area contributed by atoms with Crippen molar-refractivity contribution in [2.24, 2.45) is 0 Å². The Morgan fingerprint density at radius 2 is 1.81 bits per heavy atom. The smallest absolute Gasteiger partial charge is 0.326 e. The molecule has 0 saturated carbocycles. The number of carboxylic acid groups (broad SMARTS) is 1. The Kier molecular flexibility index (Phi) is 5.39. The van der Waals surface area contributed by atoms with Gasteiger partial charge in [0.15, 0.2) is 0 Å². The summed E-state index contributed by atoms with van der Waals surface area (Å²) in [5.41, 5.74) is 1.89. The average molecular weight is 346 g/mol. The van der Waals surface area contributed by atoms with Crippen LogP contribution in [0.5, 0.6) is 0 Å². The van der Waals surface area contributed by atoms with Gasteiger partial charge in [0.2, 0.25) is 0 Å². The predicted octanol–water partition coefficient (Wildman–Crippen LogP) is 3.52. The van der Waals surface area contributed by atoms with E-state index in [4.69, 9.17) is 0 Å². The molecule has 0 aliphatic carbocycles. The van der Waals surface area contributed by atoms with Gasteiger partial charge in [0.1, 0.15) is 6.04 Å². The molecule has 0 radical (unpaired) electrons. The normalized spacial score (nSPS) is 12.2. The number of nitrogens with one attached hydrogen (secondary N) is 1. The molecule has 2 N–H and O–H groups in total. The molecule has 2 aromatic carbocycles. The minimum Gasteiger partial charge on any atom is -0.480 e. The van der Waals surface area contributed by atoms with Crippen molar-refractivity contribution in [3.63, 3.8) is 0 Å². The van der Waals surface area contributed by atoms with Gasteiger partial charge in [-0.1, -0.05) is 60.7 Å². The summed E-state index contributed by atoms with van der Waals surface area (Å²) in [6.07, 6.45) is 5.38. The maximum absolute atomic E-state index is 12.6. The zero-order valence-corrected chi connectivity index (χ0v) is 14.0. The van der Waals surface area contributed by atoms with Crippen molar-refractivity contribution in [2.75, 3.05) is 0 Å². The zero-order valence-electron chi connectivity index (χ0n) is 14.0. The van der Waals surface area contributed by atoms with Crippen LogP contribution < -0.4 is 5.32 Å². The highest BCUT2D eigenvalue weighted by Crippen LogP contribution is 2.16. The van der Waals surface area contributed by atoms with Crippen LogP contribution in [0.4, 0.5) is 0 Å². The van der Waals surface area contributed by atoms with E-state index >= 15 is 0 Å². The number of hydrogen-bond donors (Lipinski definition) is 2. The fourth-order valence-electron chi connectivity index (χ4n) is 2.65. The van der Waals surface area contributed by atoms with Gasteiger partial charge in [-0.2, -0.15) is 0 Å². The van der Waals surface area contributed by atoms with E-state index in [9.17, 15) is 14.7 Å². The Morgan fingerprint density at radius 3 is 2.58 bits per heavy atom. The summed E-state index contributed by atoms with van der Waals surface area (Å²) in [5.74, 6) is -1.53. The van der Waals surface area contributed by atoms with Gasteiger partial charge in [0, 0.05) is 11.6 Å².